The maximum Gasteiger partial charge on any atom is 0.264 e. The predicted octanol–water partition coefficient (Wildman–Crippen LogP) is 7.22. The van der Waals surface area contributed by atoms with Gasteiger partial charge in [0.1, 0.15) is 10.4 Å². The Balaban J connectivity index is 0.000000698. The number of aryl methyl sites for hydroxylation is 1. The third-order valence-electron chi connectivity index (χ3n) is 8.19. The normalized spacial score (nSPS) is 14.6. The molecule has 10 nitrogen and oxygen atoms in total. The number of thioether (sulfide) groups is 1. The van der Waals surface area contributed by atoms with Gasteiger partial charge in [0.05, 0.1) is 39.1 Å². The molecule has 49 heavy (non-hydrogen) atoms. The van der Waals surface area contributed by atoms with Crippen molar-refractivity contribution in [3.63, 3.8) is 0 Å². The molecule has 1 N–H and O–H groups in total. The summed E-state index contributed by atoms with van der Waals surface area (Å²) in [6, 6.07) is 12.0. The van der Waals surface area contributed by atoms with Crippen LogP contribution in [0.1, 0.15) is 52.0 Å². The van der Waals surface area contributed by atoms with Gasteiger partial charge in [0.2, 0.25) is 5.52 Å². The van der Waals surface area contributed by atoms with E-state index in [0.717, 1.165) is 46.5 Å². The van der Waals surface area contributed by atoms with E-state index in [4.69, 9.17) is 4.74 Å². The highest BCUT2D eigenvalue weighted by Gasteiger charge is 2.27. The first-order valence-electron chi connectivity index (χ1n) is 16.3. The van der Waals surface area contributed by atoms with Crippen LogP contribution in [0.15, 0.2) is 63.4 Å². The van der Waals surface area contributed by atoms with Gasteiger partial charge in [-0.15, -0.1) is 11.3 Å². The Kier molecular flexibility index (Phi) is 14.1. The first-order chi connectivity index (χ1) is 23.3. The third kappa shape index (κ3) is 10.7. The van der Waals surface area contributed by atoms with Crippen molar-refractivity contribution in [3.8, 4) is 5.75 Å². The highest BCUT2D eigenvalue weighted by Crippen LogP contribution is 2.48. The number of fused-ring (bicyclic) bond motifs is 4. The van der Waals surface area contributed by atoms with Crippen LogP contribution in [0.5, 0.6) is 5.75 Å². The Morgan fingerprint density at radius 1 is 1.00 bits per heavy atom. The molecule has 0 bridgehead atoms. The van der Waals surface area contributed by atoms with Crippen molar-refractivity contribution in [1.29, 1.82) is 0 Å². The second-order valence-electron chi connectivity index (χ2n) is 11.4. The van der Waals surface area contributed by atoms with Crippen LogP contribution in [0.2, 0.25) is 0 Å². The first-order valence-corrected chi connectivity index (χ1v) is 22.0. The lowest BCUT2D eigenvalue weighted by Crippen LogP contribution is -2.36. The van der Waals surface area contributed by atoms with Crippen molar-refractivity contribution in [2.75, 3.05) is 49.7 Å². The molecule has 15 heteroatoms. The number of aromatic nitrogens is 1. The van der Waals surface area contributed by atoms with Crippen molar-refractivity contribution < 1.29 is 35.2 Å². The molecule has 268 valence electrons. The average Bonchev–Trinajstić information content (AvgIpc) is 3.76. The number of benzene rings is 2. The largest absolute Gasteiger partial charge is 0.748 e. The van der Waals surface area contributed by atoms with E-state index in [2.05, 4.69) is 67.5 Å². The van der Waals surface area contributed by atoms with Gasteiger partial charge >= 0.3 is 0 Å². The minimum absolute atomic E-state index is 0.209. The van der Waals surface area contributed by atoms with Crippen LogP contribution in [-0.2, 0) is 26.8 Å². The number of hydrogen-bond donors (Lipinski definition) is 1. The standard InChI is InChI=1S/C28H30N2O7S5.C6H15N/c1-3-19(16-26-29(11-4-14-41(31,32)33)22-18-20(37-2)6-7-24(22)39-26)17-27-30(12-5-15-42(34,35)36)28-21-10-13-38-23(21)8-9-25(28)40-27;1-4-7(5-2)6-3/h6-10,13,16-18H,3-5,11-12,14-15H2,1-2H3,(H-,31,32,33,34,35,36);4-6H2,1-3H3. The van der Waals surface area contributed by atoms with Crippen molar-refractivity contribution in [2.45, 2.75) is 58.4 Å². The maximum absolute atomic E-state index is 11.4. The van der Waals surface area contributed by atoms with E-state index in [-0.39, 0.29) is 18.6 Å². The molecule has 2 aromatic heterocycles. The summed E-state index contributed by atoms with van der Waals surface area (Å²) in [7, 11) is -6.82. The fourth-order valence-electron chi connectivity index (χ4n) is 5.56. The lowest BCUT2D eigenvalue weighted by molar-refractivity contribution is -0.667. The molecule has 0 fully saturated rings. The molecule has 0 saturated carbocycles. The van der Waals surface area contributed by atoms with Gasteiger partial charge in [-0.3, -0.25) is 4.55 Å². The molecule has 0 saturated heterocycles. The molecule has 5 rings (SSSR count). The lowest BCUT2D eigenvalue weighted by atomic mass is 10.1. The molecule has 0 aliphatic carbocycles. The van der Waals surface area contributed by atoms with Gasteiger partial charge in [-0.05, 0) is 79.8 Å². The van der Waals surface area contributed by atoms with Crippen LogP contribution < -0.4 is 14.2 Å². The zero-order valence-electron chi connectivity index (χ0n) is 28.5. The van der Waals surface area contributed by atoms with Crippen LogP contribution >= 0.6 is 34.4 Å². The van der Waals surface area contributed by atoms with Gasteiger partial charge in [0, 0.05) is 40.5 Å². The summed E-state index contributed by atoms with van der Waals surface area (Å²) in [6.07, 6.45) is 5.35. The summed E-state index contributed by atoms with van der Waals surface area (Å²) >= 11 is 4.84. The van der Waals surface area contributed by atoms with Gasteiger partial charge in [0.15, 0.2) is 6.54 Å². The topological polar surface area (TPSA) is 131 Å². The van der Waals surface area contributed by atoms with Gasteiger partial charge in [-0.2, -0.15) is 13.0 Å². The molecule has 0 amide bonds. The molecule has 1 aliphatic rings. The maximum atomic E-state index is 11.4. The van der Waals surface area contributed by atoms with Crippen molar-refractivity contribution >= 4 is 86.7 Å². The van der Waals surface area contributed by atoms with Gasteiger partial charge in [-0.25, -0.2) is 8.42 Å². The van der Waals surface area contributed by atoms with Gasteiger partial charge in [0.25, 0.3) is 15.1 Å². The van der Waals surface area contributed by atoms with Crippen molar-refractivity contribution in [1.82, 2.24) is 4.90 Å². The molecule has 1 aliphatic heterocycles. The number of ether oxygens (including phenoxy) is 1. The van der Waals surface area contributed by atoms with E-state index in [1.165, 1.54) is 19.6 Å². The minimum atomic E-state index is -4.33. The highest BCUT2D eigenvalue weighted by molar-refractivity contribution is 8.03. The van der Waals surface area contributed by atoms with Crippen LogP contribution in [-0.4, -0.2) is 75.6 Å². The molecular formula is C34H45N3O7S5. The number of thiophene rings is 1. The van der Waals surface area contributed by atoms with Crippen LogP contribution in [0.25, 0.3) is 26.4 Å². The van der Waals surface area contributed by atoms with E-state index < -0.39 is 26.0 Å². The second kappa shape index (κ2) is 17.6. The Hall–Kier alpha value is -2.50. The van der Waals surface area contributed by atoms with Crippen LogP contribution in [0, 0.1) is 0 Å². The zero-order valence-corrected chi connectivity index (χ0v) is 32.6. The van der Waals surface area contributed by atoms with E-state index in [9.17, 15) is 25.9 Å². The lowest BCUT2D eigenvalue weighted by Gasteiger charge is -2.21. The summed E-state index contributed by atoms with van der Waals surface area (Å²) < 4.78 is 75.9. The van der Waals surface area contributed by atoms with Gasteiger partial charge in [-0.1, -0.05) is 50.8 Å². The van der Waals surface area contributed by atoms with E-state index in [1.807, 2.05) is 28.5 Å². The Bertz CT molecular complexity index is 2010. The number of thiazole rings is 1. The predicted molar refractivity (Wildman–Crippen MR) is 204 cm³/mol. The number of hydrogen-bond acceptors (Lipinski definition) is 11. The molecule has 4 aromatic rings. The van der Waals surface area contributed by atoms with E-state index >= 15 is 0 Å². The summed E-state index contributed by atoms with van der Waals surface area (Å²) in [6.45, 7) is 13.0. The number of methoxy groups -OCH3 is 1. The number of allylic oxidation sites excluding steroid dienone is 2. The fourth-order valence-corrected chi connectivity index (χ4v) is 9.65. The van der Waals surface area contributed by atoms with Gasteiger partial charge < -0.3 is 19.1 Å². The van der Waals surface area contributed by atoms with Crippen LogP contribution in [0.4, 0.5) is 5.69 Å². The van der Waals surface area contributed by atoms with Crippen LogP contribution in [0.3, 0.4) is 0 Å². The SMILES string of the molecule is CCC(/C=C1\Sc2ccc(OC)cc2N1CCCS(=O)(=O)O)=C\c1sc2ccc3sccc3c2[n+]1CCCS(=O)(=O)[O-].CCN(CC)CC. The Morgan fingerprint density at radius 2 is 1.71 bits per heavy atom. The van der Waals surface area contributed by atoms with E-state index in [1.54, 1.807) is 41.5 Å². The first kappa shape index (κ1) is 39.3. The Morgan fingerprint density at radius 3 is 2.33 bits per heavy atom. The average molecular weight is 768 g/mol. The number of anilines is 1. The summed E-state index contributed by atoms with van der Waals surface area (Å²) in [4.78, 5) is 5.43. The molecule has 2 aromatic carbocycles. The smallest absolute Gasteiger partial charge is 0.264 e. The summed E-state index contributed by atoms with van der Waals surface area (Å²) in [5.74, 6) is -0.0793. The third-order valence-corrected chi connectivity index (χ3v) is 12.9. The highest BCUT2D eigenvalue weighted by atomic mass is 32.2. The van der Waals surface area contributed by atoms with E-state index in [0.29, 0.717) is 25.3 Å². The zero-order chi connectivity index (χ0) is 35.8. The molecular weight excluding hydrogens is 723 g/mol. The number of nitrogens with zero attached hydrogens (tertiary/aromatic N) is 3. The monoisotopic (exact) mass is 767 g/mol. The Labute approximate surface area is 302 Å². The molecule has 0 unspecified atom stereocenters. The van der Waals surface area contributed by atoms with Crippen molar-refractivity contribution in [2.24, 2.45) is 0 Å². The second-order valence-corrected chi connectivity index (χ2v) is 17.5. The fraction of sp³-hybridized carbons (Fsp3) is 0.441. The summed E-state index contributed by atoms with van der Waals surface area (Å²) in [5.41, 5.74) is 2.96. The molecule has 0 radical (unpaired) electrons. The minimum Gasteiger partial charge on any atom is -0.748 e. The molecule has 3 heterocycles. The molecule has 0 spiro atoms. The number of rotatable bonds is 15. The summed E-state index contributed by atoms with van der Waals surface area (Å²) in [5, 5.41) is 5.00. The quantitative estimate of drug-likeness (QED) is 0.0978. The van der Waals surface area contributed by atoms with Crippen molar-refractivity contribution in [3.05, 3.63) is 63.5 Å². The molecule has 0 atom stereocenters.